The summed E-state index contributed by atoms with van der Waals surface area (Å²) in [4.78, 5) is 34.8. The molecule has 0 aliphatic heterocycles. The Kier molecular flexibility index (Phi) is 7.52. The smallest absolute Gasteiger partial charge is 0.319 e. The first-order valence-corrected chi connectivity index (χ1v) is 12.2. The molecule has 2 amide bonds. The molecule has 3 N–H and O–H groups in total. The van der Waals surface area contributed by atoms with Crippen molar-refractivity contribution in [2.45, 2.75) is 45.6 Å². The van der Waals surface area contributed by atoms with Crippen LogP contribution >= 0.6 is 0 Å². The number of carbonyl (C=O) groups is 1. The molecule has 1 aliphatic carbocycles. The number of nitro benzene ring substituents is 1. The molecule has 1 saturated carbocycles. The summed E-state index contributed by atoms with van der Waals surface area (Å²) in [6.07, 6.45) is 3.81. The quantitative estimate of drug-likeness (QED) is 0.313. The predicted octanol–water partition coefficient (Wildman–Crippen LogP) is 5.01. The van der Waals surface area contributed by atoms with E-state index in [4.69, 9.17) is 9.97 Å². The zero-order valence-corrected chi connectivity index (χ0v) is 21.2. The molecule has 10 heteroatoms. The van der Waals surface area contributed by atoms with Crippen molar-refractivity contribution in [1.82, 2.24) is 15.3 Å². The molecular weight excluding hydrogens is 458 g/mol. The fourth-order valence-electron chi connectivity index (χ4n) is 4.61. The van der Waals surface area contributed by atoms with Gasteiger partial charge in [-0.15, -0.1) is 0 Å². The second-order valence-electron chi connectivity index (χ2n) is 9.69. The second kappa shape index (κ2) is 10.8. The largest absolute Gasteiger partial charge is 0.362 e. The number of rotatable bonds is 7. The summed E-state index contributed by atoms with van der Waals surface area (Å²) in [6, 6.07) is 11.0. The van der Waals surface area contributed by atoms with Gasteiger partial charge in [0, 0.05) is 38.1 Å². The van der Waals surface area contributed by atoms with E-state index in [1.54, 1.807) is 6.07 Å². The molecule has 4 rings (SSSR count). The topological polar surface area (TPSA) is 125 Å². The van der Waals surface area contributed by atoms with Crippen LogP contribution in [0, 0.1) is 29.9 Å². The van der Waals surface area contributed by atoms with Crippen molar-refractivity contribution in [3.05, 3.63) is 57.6 Å². The molecule has 0 unspecified atom stereocenters. The van der Waals surface area contributed by atoms with Crippen LogP contribution in [0.3, 0.4) is 0 Å². The van der Waals surface area contributed by atoms with E-state index in [0.29, 0.717) is 18.4 Å². The number of nitrogens with zero attached hydrogens (tertiary/aromatic N) is 4. The third kappa shape index (κ3) is 5.81. The van der Waals surface area contributed by atoms with Crippen LogP contribution in [0.25, 0.3) is 10.9 Å². The molecule has 10 nitrogen and oxygen atoms in total. The van der Waals surface area contributed by atoms with Crippen LogP contribution in [0.1, 0.15) is 36.8 Å². The first kappa shape index (κ1) is 25.2. The van der Waals surface area contributed by atoms with Gasteiger partial charge < -0.3 is 20.9 Å². The molecular formula is C26H33N7O3. The van der Waals surface area contributed by atoms with E-state index in [1.165, 1.54) is 6.07 Å². The van der Waals surface area contributed by atoms with Gasteiger partial charge in [-0.2, -0.15) is 4.98 Å². The number of hydrogen-bond acceptors (Lipinski definition) is 7. The summed E-state index contributed by atoms with van der Waals surface area (Å²) >= 11 is 0. The number of nitro groups is 1. The van der Waals surface area contributed by atoms with Crippen molar-refractivity contribution >= 4 is 40.1 Å². The lowest BCUT2D eigenvalue weighted by atomic mass is 9.86. The second-order valence-corrected chi connectivity index (χ2v) is 9.69. The zero-order valence-electron chi connectivity index (χ0n) is 21.2. The zero-order chi connectivity index (χ0) is 25.8. The number of aromatic nitrogens is 2. The van der Waals surface area contributed by atoms with Gasteiger partial charge in [0.25, 0.3) is 5.69 Å². The number of anilines is 3. The SMILES string of the molecule is Cc1cc(NC(=O)NC[C@H]2CC[C@@H](Nc3nc(N(C)C)c4ccccc4n3)CC2)c([N+](=O)[O-])cc1C. The number of urea groups is 1. The highest BCUT2D eigenvalue weighted by atomic mass is 16.6. The van der Waals surface area contributed by atoms with Crippen LogP contribution in [0.5, 0.6) is 0 Å². The van der Waals surface area contributed by atoms with Gasteiger partial charge in [0.05, 0.1) is 10.4 Å². The van der Waals surface area contributed by atoms with Crippen LogP contribution in [0.4, 0.5) is 27.9 Å². The summed E-state index contributed by atoms with van der Waals surface area (Å²) in [5.74, 6) is 1.86. The standard InChI is InChI=1S/C26H33N7O3/c1-16-13-22(23(33(35)36)14-17(16)2)30-26(34)27-15-18-9-11-19(12-10-18)28-25-29-21-8-6-5-7-20(21)24(31-25)32(3)4/h5-8,13-14,18-19H,9-12,15H2,1-4H3,(H2,27,30,34)(H,28,29,31)/t18-,19+. The number of benzene rings is 2. The van der Waals surface area contributed by atoms with E-state index >= 15 is 0 Å². The van der Waals surface area contributed by atoms with Crippen LogP contribution in [-0.2, 0) is 0 Å². The van der Waals surface area contributed by atoms with Gasteiger partial charge in [-0.25, -0.2) is 9.78 Å². The number of nitrogens with one attached hydrogen (secondary N) is 3. The Bertz CT molecular complexity index is 1270. The Morgan fingerprint density at radius 2 is 1.78 bits per heavy atom. The lowest BCUT2D eigenvalue weighted by molar-refractivity contribution is -0.384. The molecule has 0 radical (unpaired) electrons. The highest BCUT2D eigenvalue weighted by Crippen LogP contribution is 2.29. The molecule has 190 valence electrons. The number of carbonyl (C=O) groups excluding carboxylic acids is 1. The minimum absolute atomic E-state index is 0.104. The predicted molar refractivity (Wildman–Crippen MR) is 143 cm³/mol. The molecule has 1 heterocycles. The van der Waals surface area contributed by atoms with Crippen LogP contribution < -0.4 is 20.9 Å². The van der Waals surface area contributed by atoms with Gasteiger partial charge >= 0.3 is 6.03 Å². The van der Waals surface area contributed by atoms with Crippen LogP contribution in [-0.4, -0.2) is 47.6 Å². The fourth-order valence-corrected chi connectivity index (χ4v) is 4.61. The lowest BCUT2D eigenvalue weighted by Crippen LogP contribution is -2.36. The molecule has 2 aromatic carbocycles. The number of fused-ring (bicyclic) bond motifs is 1. The third-order valence-corrected chi connectivity index (χ3v) is 6.79. The Morgan fingerprint density at radius 1 is 1.08 bits per heavy atom. The van der Waals surface area contributed by atoms with Crippen molar-refractivity contribution in [1.29, 1.82) is 0 Å². The third-order valence-electron chi connectivity index (χ3n) is 6.79. The molecule has 36 heavy (non-hydrogen) atoms. The Morgan fingerprint density at radius 3 is 2.47 bits per heavy atom. The van der Waals surface area contributed by atoms with E-state index in [-0.39, 0.29) is 17.4 Å². The van der Waals surface area contributed by atoms with Crippen molar-refractivity contribution in [2.24, 2.45) is 5.92 Å². The maximum atomic E-state index is 12.4. The normalized spacial score (nSPS) is 17.4. The molecule has 1 aliphatic rings. The first-order valence-electron chi connectivity index (χ1n) is 12.2. The number of para-hydroxylation sites is 1. The van der Waals surface area contributed by atoms with E-state index < -0.39 is 11.0 Å². The maximum absolute atomic E-state index is 12.4. The number of hydrogen-bond donors (Lipinski definition) is 3. The minimum Gasteiger partial charge on any atom is -0.362 e. The molecule has 0 saturated heterocycles. The Labute approximate surface area is 210 Å². The van der Waals surface area contributed by atoms with Gasteiger partial charge in [-0.05, 0) is 74.8 Å². The van der Waals surface area contributed by atoms with E-state index in [2.05, 4.69) is 16.0 Å². The van der Waals surface area contributed by atoms with Crippen molar-refractivity contribution in [3.8, 4) is 0 Å². The molecule has 3 aromatic rings. The monoisotopic (exact) mass is 491 g/mol. The van der Waals surface area contributed by atoms with Crippen molar-refractivity contribution in [3.63, 3.8) is 0 Å². The summed E-state index contributed by atoms with van der Waals surface area (Å²) in [5, 5.41) is 21.4. The first-order chi connectivity index (χ1) is 17.2. The average Bonchev–Trinajstić information content (AvgIpc) is 2.85. The molecule has 0 bridgehead atoms. The van der Waals surface area contributed by atoms with Gasteiger partial charge in [0.2, 0.25) is 5.95 Å². The van der Waals surface area contributed by atoms with Gasteiger partial charge in [-0.1, -0.05) is 12.1 Å². The number of aryl methyl sites for hydroxylation is 2. The molecule has 1 fully saturated rings. The van der Waals surface area contributed by atoms with Gasteiger partial charge in [0.15, 0.2) is 0 Å². The summed E-state index contributed by atoms with van der Waals surface area (Å²) in [5.41, 5.74) is 2.71. The lowest BCUT2D eigenvalue weighted by Gasteiger charge is -2.29. The molecule has 0 atom stereocenters. The highest BCUT2D eigenvalue weighted by Gasteiger charge is 2.23. The fraction of sp³-hybridized carbons (Fsp3) is 0.423. The Balaban J connectivity index is 1.29. The van der Waals surface area contributed by atoms with Crippen LogP contribution in [0.15, 0.2) is 36.4 Å². The van der Waals surface area contributed by atoms with Gasteiger partial charge in [-0.3, -0.25) is 10.1 Å². The average molecular weight is 492 g/mol. The van der Waals surface area contributed by atoms with E-state index in [9.17, 15) is 14.9 Å². The van der Waals surface area contributed by atoms with Gasteiger partial charge in [0.1, 0.15) is 11.5 Å². The summed E-state index contributed by atoms with van der Waals surface area (Å²) < 4.78 is 0. The summed E-state index contributed by atoms with van der Waals surface area (Å²) in [7, 11) is 3.95. The maximum Gasteiger partial charge on any atom is 0.319 e. The van der Waals surface area contributed by atoms with Crippen molar-refractivity contribution in [2.75, 3.05) is 36.2 Å². The summed E-state index contributed by atoms with van der Waals surface area (Å²) in [6.45, 7) is 4.19. The Hall–Kier alpha value is -3.95. The highest BCUT2D eigenvalue weighted by molar-refractivity contribution is 5.92. The van der Waals surface area contributed by atoms with Crippen LogP contribution in [0.2, 0.25) is 0 Å². The van der Waals surface area contributed by atoms with E-state index in [1.807, 2.05) is 57.1 Å². The molecule has 1 aromatic heterocycles. The number of amides is 2. The minimum atomic E-state index is -0.475. The van der Waals surface area contributed by atoms with E-state index in [0.717, 1.165) is 53.5 Å². The van der Waals surface area contributed by atoms with Crippen molar-refractivity contribution < 1.29 is 9.72 Å². The molecule has 0 spiro atoms.